The van der Waals surface area contributed by atoms with E-state index in [1.807, 2.05) is 19.9 Å². The van der Waals surface area contributed by atoms with Gasteiger partial charge in [-0.3, -0.25) is 14.5 Å². The molecular formula is C24H36N4O4S. The van der Waals surface area contributed by atoms with Crippen molar-refractivity contribution in [1.82, 2.24) is 9.62 Å². The monoisotopic (exact) mass is 476 g/mol. The number of nitrogens with zero attached hydrogens (tertiary/aromatic N) is 3. The molecule has 1 saturated heterocycles. The topological polar surface area (TPSA) is 90.0 Å². The van der Waals surface area contributed by atoms with Gasteiger partial charge in [-0.25, -0.2) is 8.42 Å². The van der Waals surface area contributed by atoms with E-state index in [1.54, 1.807) is 12.1 Å². The molecule has 1 N–H and O–H groups in total. The van der Waals surface area contributed by atoms with Crippen LogP contribution in [0.3, 0.4) is 0 Å². The lowest BCUT2D eigenvalue weighted by atomic mass is 9.95. The van der Waals surface area contributed by atoms with E-state index in [1.165, 1.54) is 15.6 Å². The van der Waals surface area contributed by atoms with Gasteiger partial charge in [0.1, 0.15) is 12.6 Å². The highest BCUT2D eigenvalue weighted by Gasteiger charge is 2.41. The molecule has 0 spiro atoms. The predicted octanol–water partition coefficient (Wildman–Crippen LogP) is 2.87. The van der Waals surface area contributed by atoms with E-state index >= 15 is 0 Å². The Morgan fingerprint density at radius 2 is 1.73 bits per heavy atom. The van der Waals surface area contributed by atoms with Crippen molar-refractivity contribution < 1.29 is 18.0 Å². The maximum absolute atomic E-state index is 13.5. The lowest BCUT2D eigenvalue weighted by molar-refractivity contribution is -0.125. The molecule has 8 nitrogen and oxygen atoms in total. The molecule has 182 valence electrons. The third kappa shape index (κ3) is 4.75. The van der Waals surface area contributed by atoms with Crippen LogP contribution in [0.1, 0.15) is 65.2 Å². The first-order valence-corrected chi connectivity index (χ1v) is 13.8. The highest BCUT2D eigenvalue weighted by Crippen LogP contribution is 2.41. The zero-order valence-corrected chi connectivity index (χ0v) is 20.6. The van der Waals surface area contributed by atoms with E-state index in [0.717, 1.165) is 57.2 Å². The Kier molecular flexibility index (Phi) is 7.28. The standard InChI is InChI=1S/C24H36N4O4S/c1-3-26(4-2)33(31,32)19-13-14-20-22(16-19)28(24(30)21-12-8-9-15-27(20)21)17-23(29)25-18-10-6-5-7-11-18/h13-14,16,18,21H,3-12,15,17H2,1-2H3,(H,25,29)/t21-/m0/s1. The molecule has 2 fully saturated rings. The number of anilines is 2. The molecule has 0 unspecified atom stereocenters. The van der Waals surface area contributed by atoms with Crippen molar-refractivity contribution in [2.24, 2.45) is 0 Å². The van der Waals surface area contributed by atoms with Gasteiger partial charge in [-0.1, -0.05) is 33.1 Å². The molecular weight excluding hydrogens is 440 g/mol. The smallest absolute Gasteiger partial charge is 0.250 e. The number of amides is 2. The molecule has 9 heteroatoms. The molecule has 3 aliphatic rings. The van der Waals surface area contributed by atoms with Crippen molar-refractivity contribution in [3.8, 4) is 0 Å². The molecule has 1 saturated carbocycles. The second kappa shape index (κ2) is 10.0. The fraction of sp³-hybridized carbons (Fsp3) is 0.667. The van der Waals surface area contributed by atoms with Crippen LogP contribution in [0.2, 0.25) is 0 Å². The van der Waals surface area contributed by atoms with Gasteiger partial charge in [-0.15, -0.1) is 0 Å². The first-order valence-electron chi connectivity index (χ1n) is 12.4. The molecule has 4 rings (SSSR count). The second-order valence-corrected chi connectivity index (χ2v) is 11.2. The Balaban J connectivity index is 1.67. The number of nitrogens with one attached hydrogen (secondary N) is 1. The summed E-state index contributed by atoms with van der Waals surface area (Å²) in [6.45, 7) is 5.04. The lowest BCUT2D eigenvalue weighted by Crippen LogP contribution is -2.57. The third-order valence-electron chi connectivity index (χ3n) is 7.22. The highest BCUT2D eigenvalue weighted by molar-refractivity contribution is 7.89. The van der Waals surface area contributed by atoms with Gasteiger partial charge >= 0.3 is 0 Å². The van der Waals surface area contributed by atoms with Gasteiger partial charge in [0.05, 0.1) is 16.3 Å². The minimum absolute atomic E-state index is 0.0819. The van der Waals surface area contributed by atoms with Gasteiger partial charge in [0.2, 0.25) is 21.8 Å². The average molecular weight is 477 g/mol. The van der Waals surface area contributed by atoms with E-state index in [4.69, 9.17) is 0 Å². The molecule has 0 aromatic heterocycles. The zero-order valence-electron chi connectivity index (χ0n) is 19.8. The van der Waals surface area contributed by atoms with Crippen LogP contribution in [0.25, 0.3) is 0 Å². The van der Waals surface area contributed by atoms with E-state index in [0.29, 0.717) is 18.8 Å². The summed E-state index contributed by atoms with van der Waals surface area (Å²) < 4.78 is 27.7. The summed E-state index contributed by atoms with van der Waals surface area (Å²) in [4.78, 5) is 30.2. The lowest BCUT2D eigenvalue weighted by Gasteiger charge is -2.45. The molecule has 1 aromatic carbocycles. The Morgan fingerprint density at radius 3 is 2.42 bits per heavy atom. The maximum atomic E-state index is 13.5. The molecule has 1 aromatic rings. The SMILES string of the molecule is CCN(CC)S(=O)(=O)c1ccc2c(c1)N(CC(=O)NC1CCCCC1)C(=O)[C@@H]1CCCCN21. The Bertz CT molecular complexity index is 986. The van der Waals surface area contributed by atoms with Crippen molar-refractivity contribution in [2.75, 3.05) is 36.0 Å². The van der Waals surface area contributed by atoms with Crippen molar-refractivity contribution in [3.05, 3.63) is 18.2 Å². The molecule has 2 amide bonds. The van der Waals surface area contributed by atoms with Crippen molar-refractivity contribution in [1.29, 1.82) is 0 Å². The first kappa shape index (κ1) is 24.0. The molecule has 2 heterocycles. The Labute approximate surface area is 197 Å². The van der Waals surface area contributed by atoms with Gasteiger partial charge in [0.25, 0.3) is 0 Å². The number of carbonyl (C=O) groups excluding carboxylic acids is 2. The van der Waals surface area contributed by atoms with Crippen LogP contribution in [-0.2, 0) is 19.6 Å². The Morgan fingerprint density at radius 1 is 1.03 bits per heavy atom. The number of benzene rings is 1. The first-order chi connectivity index (χ1) is 15.9. The molecule has 0 radical (unpaired) electrons. The van der Waals surface area contributed by atoms with Crippen LogP contribution in [0.5, 0.6) is 0 Å². The van der Waals surface area contributed by atoms with Crippen molar-refractivity contribution in [3.63, 3.8) is 0 Å². The van der Waals surface area contributed by atoms with Crippen LogP contribution in [0.15, 0.2) is 23.1 Å². The number of carbonyl (C=O) groups is 2. The van der Waals surface area contributed by atoms with Crippen LogP contribution >= 0.6 is 0 Å². The van der Waals surface area contributed by atoms with Crippen LogP contribution in [0.4, 0.5) is 11.4 Å². The minimum Gasteiger partial charge on any atom is -0.358 e. The average Bonchev–Trinajstić information content (AvgIpc) is 2.82. The van der Waals surface area contributed by atoms with Crippen molar-refractivity contribution in [2.45, 2.75) is 82.2 Å². The summed E-state index contributed by atoms with van der Waals surface area (Å²) in [5.74, 6) is -0.291. The summed E-state index contributed by atoms with van der Waals surface area (Å²) in [6, 6.07) is 4.89. The quantitative estimate of drug-likeness (QED) is 0.654. The van der Waals surface area contributed by atoms with E-state index < -0.39 is 10.0 Å². The van der Waals surface area contributed by atoms with Crippen LogP contribution in [-0.4, -0.2) is 62.8 Å². The molecule has 1 atom stereocenters. The van der Waals surface area contributed by atoms with Gasteiger partial charge in [-0.05, 0) is 50.3 Å². The largest absolute Gasteiger partial charge is 0.358 e. The van der Waals surface area contributed by atoms with E-state index in [2.05, 4.69) is 10.2 Å². The predicted molar refractivity (Wildman–Crippen MR) is 129 cm³/mol. The number of hydrogen-bond acceptors (Lipinski definition) is 5. The van der Waals surface area contributed by atoms with E-state index in [-0.39, 0.29) is 35.3 Å². The van der Waals surface area contributed by atoms with Gasteiger partial charge in [0, 0.05) is 25.7 Å². The molecule has 0 bridgehead atoms. The molecule has 1 aliphatic carbocycles. The highest BCUT2D eigenvalue weighted by atomic mass is 32.2. The van der Waals surface area contributed by atoms with Gasteiger partial charge in [-0.2, -0.15) is 4.31 Å². The van der Waals surface area contributed by atoms with Gasteiger partial charge < -0.3 is 10.2 Å². The fourth-order valence-electron chi connectivity index (χ4n) is 5.44. The normalized spacial score (nSPS) is 21.7. The molecule has 33 heavy (non-hydrogen) atoms. The maximum Gasteiger partial charge on any atom is 0.250 e. The summed E-state index contributed by atoms with van der Waals surface area (Å²) in [6.07, 6.45) is 8.08. The summed E-state index contributed by atoms with van der Waals surface area (Å²) >= 11 is 0. The van der Waals surface area contributed by atoms with Crippen LogP contribution < -0.4 is 15.1 Å². The number of fused-ring (bicyclic) bond motifs is 3. The number of piperidine rings is 1. The van der Waals surface area contributed by atoms with Crippen LogP contribution in [0, 0.1) is 0 Å². The summed E-state index contributed by atoms with van der Waals surface area (Å²) in [5.41, 5.74) is 1.36. The van der Waals surface area contributed by atoms with Gasteiger partial charge in [0.15, 0.2) is 0 Å². The third-order valence-corrected chi connectivity index (χ3v) is 9.26. The van der Waals surface area contributed by atoms with E-state index in [9.17, 15) is 18.0 Å². The Hall–Kier alpha value is -2.13. The van der Waals surface area contributed by atoms with Crippen molar-refractivity contribution >= 4 is 33.2 Å². The number of sulfonamides is 1. The number of rotatable bonds is 7. The second-order valence-electron chi connectivity index (χ2n) is 9.27. The number of hydrogen-bond donors (Lipinski definition) is 1. The zero-order chi connectivity index (χ0) is 23.6. The fourth-order valence-corrected chi connectivity index (χ4v) is 6.92. The summed E-state index contributed by atoms with van der Waals surface area (Å²) in [5, 5.41) is 3.10. The molecule has 2 aliphatic heterocycles. The summed E-state index contributed by atoms with van der Waals surface area (Å²) in [7, 11) is -3.68. The minimum atomic E-state index is -3.68.